The second-order valence-electron chi connectivity index (χ2n) is 7.97. The van der Waals surface area contributed by atoms with Gasteiger partial charge in [0.2, 0.25) is 5.91 Å². The summed E-state index contributed by atoms with van der Waals surface area (Å²) in [5, 5.41) is 1.02. The van der Waals surface area contributed by atoms with Crippen LogP contribution in [0.5, 0.6) is 0 Å². The van der Waals surface area contributed by atoms with Crippen molar-refractivity contribution in [3.63, 3.8) is 0 Å². The molecule has 2 fully saturated rings. The highest BCUT2D eigenvalue weighted by Gasteiger charge is 2.37. The van der Waals surface area contributed by atoms with Gasteiger partial charge >= 0.3 is 0 Å². The second-order valence-corrected chi connectivity index (χ2v) is 8.96. The van der Waals surface area contributed by atoms with Crippen LogP contribution in [0.4, 0.5) is 10.1 Å². The zero-order chi connectivity index (χ0) is 20.9. The summed E-state index contributed by atoms with van der Waals surface area (Å²) in [6.45, 7) is 2.26. The third kappa shape index (κ3) is 5.80. The molecule has 4 rings (SSSR count). The quantitative estimate of drug-likeness (QED) is 0.559. The van der Waals surface area contributed by atoms with Gasteiger partial charge in [0.25, 0.3) is 0 Å². The Kier molecular flexibility index (Phi) is 8.38. The lowest BCUT2D eigenvalue weighted by Gasteiger charge is -2.35. The summed E-state index contributed by atoms with van der Waals surface area (Å²) in [6, 6.07) is 16.8. The monoisotopic (exact) mass is 461 g/mol. The summed E-state index contributed by atoms with van der Waals surface area (Å²) < 4.78 is 13.5. The van der Waals surface area contributed by atoms with Crippen molar-refractivity contribution >= 4 is 40.9 Å². The zero-order valence-electron chi connectivity index (χ0n) is 17.7. The third-order valence-electron chi connectivity index (χ3n) is 5.77. The predicted octanol–water partition coefficient (Wildman–Crippen LogP) is 5.86. The van der Waals surface area contributed by atoms with E-state index in [1.165, 1.54) is 37.0 Å². The Morgan fingerprint density at radius 3 is 2.42 bits per heavy atom. The fourth-order valence-corrected chi connectivity index (χ4v) is 5.46. The molecule has 1 aliphatic heterocycles. The van der Waals surface area contributed by atoms with Crippen molar-refractivity contribution in [3.8, 4) is 0 Å². The predicted molar refractivity (Wildman–Crippen MR) is 129 cm³/mol. The van der Waals surface area contributed by atoms with Gasteiger partial charge in [0.1, 0.15) is 12.0 Å². The van der Waals surface area contributed by atoms with Gasteiger partial charge in [0, 0.05) is 24.9 Å². The fraction of sp³-hybridized carbons (Fsp3) is 0.417. The fourth-order valence-electron chi connectivity index (χ4n) is 4.26. The molecule has 4 nitrogen and oxygen atoms in total. The lowest BCUT2D eigenvalue weighted by atomic mass is 9.96. The van der Waals surface area contributed by atoms with E-state index in [9.17, 15) is 9.18 Å². The van der Waals surface area contributed by atoms with Gasteiger partial charge in [0.05, 0.1) is 6.04 Å². The van der Waals surface area contributed by atoms with Gasteiger partial charge in [-0.3, -0.25) is 14.7 Å². The summed E-state index contributed by atoms with van der Waals surface area (Å²) in [5.41, 5.74) is 1.90. The van der Waals surface area contributed by atoms with Crippen molar-refractivity contribution in [2.75, 3.05) is 10.7 Å². The van der Waals surface area contributed by atoms with Crippen LogP contribution in [0.1, 0.15) is 44.6 Å². The van der Waals surface area contributed by atoms with E-state index in [0.29, 0.717) is 18.3 Å². The number of hydrogen-bond acceptors (Lipinski definition) is 3. The van der Waals surface area contributed by atoms with Crippen molar-refractivity contribution < 1.29 is 9.18 Å². The van der Waals surface area contributed by atoms with Gasteiger partial charge in [-0.1, -0.05) is 61.4 Å². The topological polar surface area (TPSA) is 35.9 Å². The van der Waals surface area contributed by atoms with Crippen LogP contribution in [0, 0.1) is 5.82 Å². The molecule has 166 valence electrons. The maximum Gasteiger partial charge on any atom is 0.225 e. The summed E-state index contributed by atoms with van der Waals surface area (Å²) in [4.78, 5) is 21.8. The van der Waals surface area contributed by atoms with E-state index >= 15 is 0 Å². The van der Waals surface area contributed by atoms with Crippen LogP contribution in [0.25, 0.3) is 0 Å². The number of thioether (sulfide) groups is 1. The molecule has 1 amide bonds. The SMILES string of the molecule is CC(=O)N(c1ccc(F)cc1)C1CSC(=NC2CCCCC2)N1Cc1ccccc1.Cl. The average Bonchev–Trinajstić information content (AvgIpc) is 3.12. The van der Waals surface area contributed by atoms with Gasteiger partial charge in [0.15, 0.2) is 5.17 Å². The van der Waals surface area contributed by atoms with Crippen molar-refractivity contribution in [2.24, 2.45) is 4.99 Å². The zero-order valence-corrected chi connectivity index (χ0v) is 19.4. The molecule has 2 aromatic rings. The molecule has 1 atom stereocenters. The third-order valence-corrected chi connectivity index (χ3v) is 6.84. The van der Waals surface area contributed by atoms with Crippen LogP contribution in [0.15, 0.2) is 59.6 Å². The highest BCUT2D eigenvalue weighted by molar-refractivity contribution is 8.14. The number of amidine groups is 1. The van der Waals surface area contributed by atoms with E-state index in [4.69, 9.17) is 4.99 Å². The number of rotatable bonds is 5. The van der Waals surface area contributed by atoms with Crippen molar-refractivity contribution in [1.29, 1.82) is 0 Å². The lowest BCUT2D eigenvalue weighted by molar-refractivity contribution is -0.117. The number of amides is 1. The molecule has 1 unspecified atom stereocenters. The van der Waals surface area contributed by atoms with Crippen LogP contribution in [-0.4, -0.2) is 33.9 Å². The molecule has 2 aliphatic rings. The largest absolute Gasteiger partial charge is 0.325 e. The smallest absolute Gasteiger partial charge is 0.225 e. The van der Waals surface area contributed by atoms with E-state index < -0.39 is 0 Å². The Labute approximate surface area is 194 Å². The Hall–Kier alpha value is -2.05. The molecular formula is C24H29ClFN3OS. The number of carbonyl (C=O) groups excluding carboxylic acids is 1. The Morgan fingerprint density at radius 1 is 1.10 bits per heavy atom. The Bertz CT molecular complexity index is 887. The van der Waals surface area contributed by atoms with E-state index in [0.717, 1.165) is 23.8 Å². The van der Waals surface area contributed by atoms with Crippen LogP contribution in [0.2, 0.25) is 0 Å². The maximum atomic E-state index is 13.5. The van der Waals surface area contributed by atoms with Crippen molar-refractivity contribution in [3.05, 3.63) is 66.0 Å². The summed E-state index contributed by atoms with van der Waals surface area (Å²) in [7, 11) is 0. The average molecular weight is 462 g/mol. The number of benzene rings is 2. The minimum atomic E-state index is -0.302. The molecular weight excluding hydrogens is 433 g/mol. The maximum absolute atomic E-state index is 13.5. The number of carbonyl (C=O) groups is 1. The molecule has 0 N–H and O–H groups in total. The molecule has 1 heterocycles. The van der Waals surface area contributed by atoms with Crippen molar-refractivity contribution in [1.82, 2.24) is 4.90 Å². The highest BCUT2D eigenvalue weighted by atomic mass is 35.5. The van der Waals surface area contributed by atoms with E-state index in [2.05, 4.69) is 17.0 Å². The van der Waals surface area contributed by atoms with Crippen LogP contribution in [0.3, 0.4) is 0 Å². The molecule has 1 saturated heterocycles. The van der Waals surface area contributed by atoms with Crippen molar-refractivity contribution in [2.45, 2.75) is 57.8 Å². The number of aliphatic imine (C=N–C) groups is 1. The molecule has 2 aromatic carbocycles. The minimum absolute atomic E-state index is 0. The number of anilines is 1. The summed E-state index contributed by atoms with van der Waals surface area (Å²) in [6.07, 6.45) is 5.91. The van der Waals surface area contributed by atoms with Crippen LogP contribution >= 0.6 is 24.2 Å². The molecule has 7 heteroatoms. The molecule has 0 aromatic heterocycles. The molecule has 1 aliphatic carbocycles. The van der Waals surface area contributed by atoms with E-state index in [1.54, 1.807) is 35.7 Å². The minimum Gasteiger partial charge on any atom is -0.325 e. The summed E-state index contributed by atoms with van der Waals surface area (Å²) >= 11 is 1.72. The first kappa shape index (κ1) is 23.6. The van der Waals surface area contributed by atoms with Gasteiger partial charge in [-0.05, 0) is 42.7 Å². The van der Waals surface area contributed by atoms with Crippen LogP contribution < -0.4 is 4.90 Å². The molecule has 0 spiro atoms. The first-order valence-electron chi connectivity index (χ1n) is 10.7. The van der Waals surface area contributed by atoms with Gasteiger partial charge < -0.3 is 4.90 Å². The second kappa shape index (κ2) is 11.0. The van der Waals surface area contributed by atoms with E-state index in [-0.39, 0.29) is 30.3 Å². The first-order valence-corrected chi connectivity index (χ1v) is 11.7. The molecule has 0 radical (unpaired) electrons. The van der Waals surface area contributed by atoms with Gasteiger partial charge in [-0.15, -0.1) is 12.4 Å². The highest BCUT2D eigenvalue weighted by Crippen LogP contribution is 2.33. The normalized spacial score (nSPS) is 20.5. The Balaban J connectivity index is 0.00000272. The number of hydrogen-bond donors (Lipinski definition) is 0. The van der Waals surface area contributed by atoms with Crippen LogP contribution in [-0.2, 0) is 11.3 Å². The van der Waals surface area contributed by atoms with Gasteiger partial charge in [-0.2, -0.15) is 0 Å². The van der Waals surface area contributed by atoms with Gasteiger partial charge in [-0.25, -0.2) is 4.39 Å². The summed E-state index contributed by atoms with van der Waals surface area (Å²) in [5.74, 6) is 0.392. The first-order chi connectivity index (χ1) is 14.6. The molecule has 0 bridgehead atoms. The Morgan fingerprint density at radius 2 is 1.77 bits per heavy atom. The van der Waals surface area contributed by atoms with E-state index in [1.807, 2.05) is 18.2 Å². The number of nitrogens with zero attached hydrogens (tertiary/aromatic N) is 3. The molecule has 31 heavy (non-hydrogen) atoms. The lowest BCUT2D eigenvalue weighted by Crippen LogP contribution is -2.49. The molecule has 1 saturated carbocycles. The standard InChI is InChI=1S/C24H28FN3OS.ClH/c1-18(29)28(22-14-12-20(25)13-15-22)23-17-30-24(26-21-10-6-3-7-11-21)27(23)16-19-8-4-2-5-9-19;/h2,4-5,8-9,12-15,21,23H,3,6-7,10-11,16-17H2,1H3;1H. The number of halogens is 2.